The van der Waals surface area contributed by atoms with Crippen molar-refractivity contribution in [3.63, 3.8) is 0 Å². The predicted molar refractivity (Wildman–Crippen MR) is 83.3 cm³/mol. The maximum absolute atomic E-state index is 4.48. The maximum Gasteiger partial charge on any atom is 0.147 e. The number of nitrogens with zero attached hydrogens (tertiary/aromatic N) is 4. The highest BCUT2D eigenvalue weighted by Gasteiger charge is 2.26. The number of likely N-dealkylation sites (tertiary alicyclic amines) is 1. The van der Waals surface area contributed by atoms with Crippen molar-refractivity contribution in [3.05, 3.63) is 34.0 Å². The molecule has 6 heteroatoms. The fraction of sp³-hybridized carbons (Fsp3) is 0.600. The zero-order valence-corrected chi connectivity index (χ0v) is 13.0. The number of fused-ring (bicyclic) bond motifs is 1. The van der Waals surface area contributed by atoms with Crippen LogP contribution in [0.15, 0.2) is 17.5 Å². The third kappa shape index (κ3) is 2.75. The van der Waals surface area contributed by atoms with Crippen LogP contribution in [0, 0.1) is 0 Å². The van der Waals surface area contributed by atoms with Gasteiger partial charge in [-0.3, -0.25) is 4.90 Å². The molecule has 0 saturated carbocycles. The molecule has 2 aromatic heterocycles. The normalized spacial score (nSPS) is 20.6. The molecule has 0 atom stereocenters. The van der Waals surface area contributed by atoms with Gasteiger partial charge >= 0.3 is 0 Å². The topological polar surface area (TPSA) is 46.0 Å². The molecular weight excluding hydrogens is 282 g/mol. The fourth-order valence-corrected chi connectivity index (χ4v) is 4.13. The quantitative estimate of drug-likeness (QED) is 0.939. The van der Waals surface area contributed by atoms with Crippen molar-refractivity contribution in [2.24, 2.45) is 0 Å². The summed E-state index contributed by atoms with van der Waals surface area (Å²) in [6, 6.07) is 4.38. The lowest BCUT2D eigenvalue weighted by Crippen LogP contribution is -2.34. The Morgan fingerprint density at radius 3 is 2.95 bits per heavy atom. The first-order valence-corrected chi connectivity index (χ1v) is 8.65. The molecule has 0 radical (unpaired) electrons. The van der Waals surface area contributed by atoms with Crippen LogP contribution in [0.3, 0.4) is 0 Å². The van der Waals surface area contributed by atoms with E-state index in [1.165, 1.54) is 36.6 Å². The Bertz CT molecular complexity index is 583. The average Bonchev–Trinajstić information content (AvgIpc) is 3.17. The second kappa shape index (κ2) is 5.87. The molecule has 2 aliphatic rings. The van der Waals surface area contributed by atoms with E-state index in [1.807, 2.05) is 11.3 Å². The Hall–Kier alpha value is -1.24. The fourth-order valence-electron chi connectivity index (χ4n) is 3.39. The van der Waals surface area contributed by atoms with E-state index in [4.69, 9.17) is 0 Å². The van der Waals surface area contributed by atoms with Gasteiger partial charge in [0.05, 0.1) is 6.54 Å². The molecule has 1 N–H and O–H groups in total. The summed E-state index contributed by atoms with van der Waals surface area (Å²) in [5.74, 6) is 2.92. The van der Waals surface area contributed by atoms with E-state index in [9.17, 15) is 0 Å². The molecule has 112 valence electrons. The molecule has 0 spiro atoms. The Kier molecular flexibility index (Phi) is 3.75. The van der Waals surface area contributed by atoms with Crippen molar-refractivity contribution >= 4 is 11.3 Å². The molecule has 2 aromatic rings. The van der Waals surface area contributed by atoms with Gasteiger partial charge in [0.15, 0.2) is 0 Å². The van der Waals surface area contributed by atoms with E-state index in [0.29, 0.717) is 5.92 Å². The second-order valence-corrected chi connectivity index (χ2v) is 6.96. The highest BCUT2D eigenvalue weighted by molar-refractivity contribution is 7.09. The zero-order chi connectivity index (χ0) is 14.1. The first-order chi connectivity index (χ1) is 10.4. The minimum atomic E-state index is 0.587. The Labute approximate surface area is 129 Å². The lowest BCUT2D eigenvalue weighted by molar-refractivity contribution is 0.201. The molecule has 4 rings (SSSR count). The first kappa shape index (κ1) is 13.4. The van der Waals surface area contributed by atoms with Crippen LogP contribution in [-0.2, 0) is 19.6 Å². The number of hydrogen-bond donors (Lipinski definition) is 1. The summed E-state index contributed by atoms with van der Waals surface area (Å²) < 4.78 is 2.34. The number of aromatic nitrogens is 3. The zero-order valence-electron chi connectivity index (χ0n) is 12.2. The van der Waals surface area contributed by atoms with Gasteiger partial charge in [-0.2, -0.15) is 0 Å². The van der Waals surface area contributed by atoms with E-state index in [0.717, 1.165) is 32.0 Å². The standard InChI is InChI=1S/C15H21N5S/c1-2-13(21-9-1)11-19-6-3-12(4-7-19)15-18-17-14-10-16-5-8-20(14)15/h1-2,9,12,16H,3-8,10-11H2. The highest BCUT2D eigenvalue weighted by atomic mass is 32.1. The van der Waals surface area contributed by atoms with Gasteiger partial charge in [-0.15, -0.1) is 21.5 Å². The number of nitrogens with one attached hydrogen (secondary N) is 1. The molecule has 0 aliphatic carbocycles. The third-order valence-electron chi connectivity index (χ3n) is 4.56. The van der Waals surface area contributed by atoms with Crippen LogP contribution in [0.25, 0.3) is 0 Å². The highest BCUT2D eigenvalue weighted by Crippen LogP contribution is 2.28. The predicted octanol–water partition coefficient (Wildman–Crippen LogP) is 1.82. The lowest BCUT2D eigenvalue weighted by Gasteiger charge is -2.31. The molecule has 21 heavy (non-hydrogen) atoms. The van der Waals surface area contributed by atoms with Crippen molar-refractivity contribution in [1.29, 1.82) is 0 Å². The minimum absolute atomic E-state index is 0.587. The molecule has 1 fully saturated rings. The van der Waals surface area contributed by atoms with Crippen LogP contribution in [-0.4, -0.2) is 39.3 Å². The largest absolute Gasteiger partial charge is 0.312 e. The van der Waals surface area contributed by atoms with E-state index < -0.39 is 0 Å². The monoisotopic (exact) mass is 303 g/mol. The van der Waals surface area contributed by atoms with E-state index in [2.05, 4.69) is 42.5 Å². The third-order valence-corrected chi connectivity index (χ3v) is 5.42. The average molecular weight is 303 g/mol. The van der Waals surface area contributed by atoms with Gasteiger partial charge in [-0.05, 0) is 37.4 Å². The van der Waals surface area contributed by atoms with Crippen LogP contribution in [0.2, 0.25) is 0 Å². The molecule has 0 bridgehead atoms. The number of hydrogen-bond acceptors (Lipinski definition) is 5. The molecular formula is C15H21N5S. The van der Waals surface area contributed by atoms with Crippen molar-refractivity contribution < 1.29 is 0 Å². The summed E-state index contributed by atoms with van der Waals surface area (Å²) in [6.45, 7) is 6.37. The van der Waals surface area contributed by atoms with Gasteiger partial charge in [0, 0.05) is 30.4 Å². The van der Waals surface area contributed by atoms with Crippen LogP contribution in [0.1, 0.15) is 35.3 Å². The van der Waals surface area contributed by atoms with Crippen molar-refractivity contribution in [2.75, 3.05) is 19.6 Å². The van der Waals surface area contributed by atoms with E-state index in [-0.39, 0.29) is 0 Å². The lowest BCUT2D eigenvalue weighted by atomic mass is 9.95. The van der Waals surface area contributed by atoms with Gasteiger partial charge in [0.25, 0.3) is 0 Å². The van der Waals surface area contributed by atoms with Crippen LogP contribution < -0.4 is 5.32 Å². The molecule has 4 heterocycles. The van der Waals surface area contributed by atoms with E-state index in [1.54, 1.807) is 0 Å². The minimum Gasteiger partial charge on any atom is -0.312 e. The molecule has 2 aliphatic heterocycles. The Balaban J connectivity index is 1.40. The second-order valence-electron chi connectivity index (χ2n) is 5.93. The van der Waals surface area contributed by atoms with E-state index >= 15 is 0 Å². The summed E-state index contributed by atoms with van der Waals surface area (Å²) >= 11 is 1.86. The molecule has 0 unspecified atom stereocenters. The van der Waals surface area contributed by atoms with Gasteiger partial charge in [0.1, 0.15) is 11.6 Å². The van der Waals surface area contributed by atoms with Crippen LogP contribution >= 0.6 is 11.3 Å². The summed E-state index contributed by atoms with van der Waals surface area (Å²) in [5.41, 5.74) is 0. The molecule has 0 aromatic carbocycles. The van der Waals surface area contributed by atoms with Gasteiger partial charge < -0.3 is 9.88 Å². The SMILES string of the molecule is c1csc(CN2CCC(c3nnc4n3CCNC4)CC2)c1. The van der Waals surface area contributed by atoms with Crippen molar-refractivity contribution in [2.45, 2.75) is 38.4 Å². The Morgan fingerprint density at radius 2 is 2.14 bits per heavy atom. The van der Waals surface area contributed by atoms with Crippen LogP contribution in [0.5, 0.6) is 0 Å². The van der Waals surface area contributed by atoms with Gasteiger partial charge in [0.2, 0.25) is 0 Å². The first-order valence-electron chi connectivity index (χ1n) is 7.77. The summed E-state index contributed by atoms with van der Waals surface area (Å²) in [7, 11) is 0. The molecule has 1 saturated heterocycles. The van der Waals surface area contributed by atoms with Gasteiger partial charge in [-0.1, -0.05) is 6.07 Å². The van der Waals surface area contributed by atoms with Crippen molar-refractivity contribution in [3.8, 4) is 0 Å². The summed E-state index contributed by atoms with van der Waals surface area (Å²) in [5, 5.41) is 14.4. The van der Waals surface area contributed by atoms with Crippen LogP contribution in [0.4, 0.5) is 0 Å². The molecule has 5 nitrogen and oxygen atoms in total. The van der Waals surface area contributed by atoms with Gasteiger partial charge in [-0.25, -0.2) is 0 Å². The van der Waals surface area contributed by atoms with Crippen molar-refractivity contribution in [1.82, 2.24) is 25.0 Å². The smallest absolute Gasteiger partial charge is 0.147 e. The maximum atomic E-state index is 4.48. The summed E-state index contributed by atoms with van der Waals surface area (Å²) in [6.07, 6.45) is 2.41. The summed E-state index contributed by atoms with van der Waals surface area (Å²) in [4.78, 5) is 4.04. The molecule has 0 amide bonds. The Morgan fingerprint density at radius 1 is 1.24 bits per heavy atom. The number of piperidine rings is 1. The number of rotatable bonds is 3. The number of thiophene rings is 1.